The number of carbonyl (C=O) groups excluding carboxylic acids is 1. The number of hydrogen-bond acceptors (Lipinski definition) is 6. The normalized spacial score (nSPS) is 12.0. The average Bonchev–Trinajstić information content (AvgIpc) is 3.13. The van der Waals surface area contributed by atoms with Crippen molar-refractivity contribution in [3.05, 3.63) is 64.7 Å². The van der Waals surface area contributed by atoms with Crippen LogP contribution in [-0.4, -0.2) is 47.6 Å². The molecule has 2 aromatic rings. The summed E-state index contributed by atoms with van der Waals surface area (Å²) < 4.78 is 5.98. The Kier molecular flexibility index (Phi) is 12.3. The van der Waals surface area contributed by atoms with Crippen molar-refractivity contribution >= 4 is 23.6 Å². The minimum absolute atomic E-state index is 0. The summed E-state index contributed by atoms with van der Waals surface area (Å²) in [7, 11) is 0. The summed E-state index contributed by atoms with van der Waals surface area (Å²) in [6.45, 7) is 13.1. The molecule has 0 unspecified atom stereocenters. The number of fused-ring (bicyclic) bond motifs is 1. The van der Waals surface area contributed by atoms with E-state index in [9.17, 15) is 4.79 Å². The summed E-state index contributed by atoms with van der Waals surface area (Å²) in [5, 5.41) is 6.35. The number of nitrogens with one attached hydrogen (secondary N) is 1. The number of halogens is 1. The van der Waals surface area contributed by atoms with Crippen LogP contribution >= 0.6 is 11.6 Å². The minimum Gasteiger partial charge on any atom is -0.542 e. The van der Waals surface area contributed by atoms with Gasteiger partial charge in [0.15, 0.2) is 0 Å². The topological polar surface area (TPSA) is 78.5 Å². The van der Waals surface area contributed by atoms with Crippen LogP contribution in [0.15, 0.2) is 29.2 Å². The zero-order chi connectivity index (χ0) is 20.5. The fourth-order valence-electron chi connectivity index (χ4n) is 2.91. The first kappa shape index (κ1) is 26.3. The van der Waals surface area contributed by atoms with E-state index in [4.69, 9.17) is 21.1 Å². The van der Waals surface area contributed by atoms with Gasteiger partial charge in [-0.2, -0.15) is 12.0 Å². The van der Waals surface area contributed by atoms with Crippen molar-refractivity contribution in [3.8, 4) is 5.75 Å². The SMILES string of the molecule is C[C-]=O.[CH2-]CN(C[CH2-])CCOc1cccc2c1CN(c1cn[nH]c(=O)c1Cl)C2.[K+]. The molecule has 1 aliphatic heterocycles. The van der Waals surface area contributed by atoms with Gasteiger partial charge in [0.25, 0.3) is 5.56 Å². The van der Waals surface area contributed by atoms with Crippen molar-refractivity contribution in [2.24, 2.45) is 0 Å². The third kappa shape index (κ3) is 7.17. The Balaban J connectivity index is 0.000000990. The van der Waals surface area contributed by atoms with Gasteiger partial charge in [-0.1, -0.05) is 23.7 Å². The van der Waals surface area contributed by atoms with Crippen molar-refractivity contribution in [3.63, 3.8) is 0 Å². The largest absolute Gasteiger partial charge is 1.00 e. The molecule has 1 aromatic heterocycles. The van der Waals surface area contributed by atoms with Gasteiger partial charge in [-0.05, 0) is 11.6 Å². The molecule has 0 spiro atoms. The summed E-state index contributed by atoms with van der Waals surface area (Å²) in [6, 6.07) is 6.02. The molecule has 1 N–H and O–H groups in total. The van der Waals surface area contributed by atoms with E-state index >= 15 is 0 Å². The zero-order valence-corrected chi connectivity index (χ0v) is 20.8. The summed E-state index contributed by atoms with van der Waals surface area (Å²) in [6.07, 6.45) is 3.08. The van der Waals surface area contributed by atoms with Crippen molar-refractivity contribution < 1.29 is 60.9 Å². The van der Waals surface area contributed by atoms with E-state index in [-0.39, 0.29) is 62.0 Å². The maximum atomic E-state index is 11.7. The van der Waals surface area contributed by atoms with Gasteiger partial charge in [-0.15, -0.1) is 13.1 Å². The first-order valence-electron chi connectivity index (χ1n) is 8.87. The van der Waals surface area contributed by atoms with Crippen molar-refractivity contribution in [1.82, 2.24) is 15.1 Å². The second-order valence-corrected chi connectivity index (χ2v) is 6.42. The van der Waals surface area contributed by atoms with E-state index in [1.54, 1.807) is 6.20 Å². The van der Waals surface area contributed by atoms with Crippen molar-refractivity contribution in [2.75, 3.05) is 31.1 Å². The van der Waals surface area contributed by atoms with Crippen LogP contribution < -0.4 is 66.6 Å². The molecular formula is C20H24ClKN4O3-2. The molecule has 0 aliphatic carbocycles. The number of rotatable bonds is 7. The molecule has 7 nitrogen and oxygen atoms in total. The van der Waals surface area contributed by atoms with Crippen LogP contribution in [-0.2, 0) is 17.9 Å². The minimum atomic E-state index is -0.381. The van der Waals surface area contributed by atoms with Gasteiger partial charge in [0.1, 0.15) is 17.4 Å². The van der Waals surface area contributed by atoms with Gasteiger partial charge >= 0.3 is 51.4 Å². The van der Waals surface area contributed by atoms with Crippen LogP contribution in [0.2, 0.25) is 5.02 Å². The molecule has 0 saturated heterocycles. The maximum Gasteiger partial charge on any atom is 1.00 e. The molecule has 0 bridgehead atoms. The number of anilines is 1. The number of aromatic nitrogens is 2. The van der Waals surface area contributed by atoms with Crippen LogP contribution in [0.5, 0.6) is 5.75 Å². The fraction of sp³-hybridized carbons (Fsp3) is 0.350. The Morgan fingerprint density at radius 2 is 2.03 bits per heavy atom. The van der Waals surface area contributed by atoms with E-state index in [0.717, 1.165) is 17.9 Å². The predicted octanol–water partition coefficient (Wildman–Crippen LogP) is -0.588. The van der Waals surface area contributed by atoms with E-state index in [2.05, 4.69) is 35.0 Å². The molecule has 1 aliphatic rings. The zero-order valence-electron chi connectivity index (χ0n) is 16.9. The van der Waals surface area contributed by atoms with Crippen LogP contribution in [0, 0.1) is 13.8 Å². The van der Waals surface area contributed by atoms with E-state index in [1.807, 2.05) is 17.0 Å². The molecule has 0 amide bonds. The molecule has 9 heteroatoms. The van der Waals surface area contributed by atoms with Gasteiger partial charge in [0.05, 0.1) is 11.9 Å². The molecule has 0 fully saturated rings. The van der Waals surface area contributed by atoms with Crippen LogP contribution in [0.3, 0.4) is 0 Å². The Bertz CT molecular complexity index is 843. The van der Waals surface area contributed by atoms with Gasteiger partial charge in [0, 0.05) is 25.2 Å². The molecule has 1 aromatic carbocycles. The number of ether oxygens (including phenoxy) is 1. The first-order valence-corrected chi connectivity index (χ1v) is 9.24. The molecular weight excluding hydrogens is 419 g/mol. The molecule has 3 rings (SSSR count). The second-order valence-electron chi connectivity index (χ2n) is 6.04. The second kappa shape index (κ2) is 13.5. The van der Waals surface area contributed by atoms with Crippen molar-refractivity contribution in [2.45, 2.75) is 20.0 Å². The Labute approximate surface area is 219 Å². The standard InChI is InChI=1S/C18H21ClN4O2.C2H3O.K/c1-3-22(4-2)8-9-25-16-7-5-6-13-11-23(12-14(13)16)15-10-20-21-18(24)17(15)19;1-2-3;/h5-7,10H,1-4,8-9,11-12H2,(H,21,24);1H3;/q-2;-1;+1. The number of H-pyrrole nitrogens is 1. The first-order chi connectivity index (χ1) is 13.5. The smallest absolute Gasteiger partial charge is 0.542 e. The molecule has 152 valence electrons. The van der Waals surface area contributed by atoms with E-state index in [0.29, 0.717) is 38.5 Å². The fourth-order valence-corrected chi connectivity index (χ4v) is 3.12. The summed E-state index contributed by atoms with van der Waals surface area (Å²) in [5.74, 6) is 0.863. The summed E-state index contributed by atoms with van der Waals surface area (Å²) in [5.41, 5.74) is 2.54. The quantitative estimate of drug-likeness (QED) is 0.456. The van der Waals surface area contributed by atoms with Gasteiger partial charge in [-0.25, -0.2) is 5.10 Å². The predicted molar refractivity (Wildman–Crippen MR) is 110 cm³/mol. The number of nitrogens with zero attached hydrogens (tertiary/aromatic N) is 3. The summed E-state index contributed by atoms with van der Waals surface area (Å²) >= 11 is 6.13. The molecule has 29 heavy (non-hydrogen) atoms. The van der Waals surface area contributed by atoms with Crippen LogP contribution in [0.25, 0.3) is 0 Å². The van der Waals surface area contributed by atoms with Gasteiger partial charge in [-0.3, -0.25) is 11.1 Å². The monoisotopic (exact) mass is 442 g/mol. The third-order valence-corrected chi connectivity index (χ3v) is 4.72. The Morgan fingerprint density at radius 1 is 1.34 bits per heavy atom. The number of benzene rings is 1. The third-order valence-electron chi connectivity index (χ3n) is 4.36. The van der Waals surface area contributed by atoms with Gasteiger partial charge < -0.3 is 33.2 Å². The Morgan fingerprint density at radius 3 is 2.69 bits per heavy atom. The average molecular weight is 443 g/mol. The molecule has 0 atom stereocenters. The molecule has 0 saturated carbocycles. The Hall–Kier alpha value is -0.744. The number of hydrogen-bond donors (Lipinski definition) is 1. The molecule has 2 heterocycles. The van der Waals surface area contributed by atoms with Crippen molar-refractivity contribution in [1.29, 1.82) is 0 Å². The maximum absolute atomic E-state index is 11.7. The van der Waals surface area contributed by atoms with E-state index < -0.39 is 0 Å². The summed E-state index contributed by atoms with van der Waals surface area (Å²) in [4.78, 5) is 24.5. The van der Waals surface area contributed by atoms with Crippen LogP contribution in [0.1, 0.15) is 18.1 Å². The van der Waals surface area contributed by atoms with Crippen LogP contribution in [0.4, 0.5) is 5.69 Å². The van der Waals surface area contributed by atoms with Gasteiger partial charge in [0.2, 0.25) is 0 Å². The number of aromatic amines is 1. The molecule has 0 radical (unpaired) electrons. The van der Waals surface area contributed by atoms with E-state index in [1.165, 1.54) is 18.8 Å².